The van der Waals surface area contributed by atoms with Crippen molar-refractivity contribution in [2.45, 2.75) is 12.5 Å². The monoisotopic (exact) mass is 241 g/mol. The summed E-state index contributed by atoms with van der Waals surface area (Å²) in [7, 11) is 0. The molecule has 0 bridgehead atoms. The predicted octanol–water partition coefficient (Wildman–Crippen LogP) is 0.564. The number of hydrogen-bond donors (Lipinski definition) is 2. The van der Waals surface area contributed by atoms with E-state index < -0.39 is 12.0 Å². The zero-order valence-electron chi connectivity index (χ0n) is 8.93. The number of nitrogens with one attached hydrogen (secondary N) is 1. The number of carbonyl (C=O) groups is 1. The molecule has 2 heterocycles. The Bertz CT molecular complexity index is 334. The lowest BCUT2D eigenvalue weighted by Crippen LogP contribution is -2.36. The number of nitrogens with zero attached hydrogens (tertiary/aromatic N) is 2. The van der Waals surface area contributed by atoms with Gasteiger partial charge in [0.2, 0.25) is 0 Å². The van der Waals surface area contributed by atoms with Crippen LogP contribution in [0.2, 0.25) is 0 Å². The zero-order valence-corrected chi connectivity index (χ0v) is 9.74. The van der Waals surface area contributed by atoms with Gasteiger partial charge in [0.05, 0.1) is 10.4 Å². The van der Waals surface area contributed by atoms with Gasteiger partial charge in [-0.1, -0.05) is 0 Å². The summed E-state index contributed by atoms with van der Waals surface area (Å²) >= 11 is 1.41. The van der Waals surface area contributed by atoms with Crippen LogP contribution in [0.4, 0.5) is 0 Å². The summed E-state index contributed by atoms with van der Waals surface area (Å²) in [5, 5.41) is 12.6. The molecule has 2 N–H and O–H groups in total. The molecule has 0 aliphatic carbocycles. The van der Waals surface area contributed by atoms with Gasteiger partial charge in [-0.25, -0.2) is 0 Å². The van der Waals surface area contributed by atoms with Crippen molar-refractivity contribution >= 4 is 17.3 Å². The summed E-state index contributed by atoms with van der Waals surface area (Å²) in [4.78, 5) is 18.1. The van der Waals surface area contributed by atoms with Gasteiger partial charge in [-0.15, -0.1) is 11.3 Å². The van der Waals surface area contributed by atoms with Crippen LogP contribution in [-0.2, 0) is 4.79 Å². The van der Waals surface area contributed by atoms with E-state index in [2.05, 4.69) is 10.3 Å². The van der Waals surface area contributed by atoms with E-state index in [1.807, 2.05) is 4.90 Å². The third-order valence-electron chi connectivity index (χ3n) is 2.69. The highest BCUT2D eigenvalue weighted by molar-refractivity contribution is 7.09. The maximum Gasteiger partial charge on any atom is 0.326 e. The van der Waals surface area contributed by atoms with Crippen LogP contribution in [0.5, 0.6) is 0 Å². The molecule has 1 aromatic heterocycles. The fraction of sp³-hybridized carbons (Fsp3) is 0.600. The highest BCUT2D eigenvalue weighted by Crippen LogP contribution is 2.24. The van der Waals surface area contributed by atoms with E-state index in [0.29, 0.717) is 0 Å². The number of thiazole rings is 1. The lowest BCUT2D eigenvalue weighted by molar-refractivity contribution is -0.143. The first-order chi connectivity index (χ1) is 7.79. The molecule has 16 heavy (non-hydrogen) atoms. The second-order valence-electron chi connectivity index (χ2n) is 3.78. The Hall–Kier alpha value is -0.980. The number of rotatable bonds is 3. The molecule has 5 nitrogen and oxygen atoms in total. The third-order valence-corrected chi connectivity index (χ3v) is 3.52. The first-order valence-electron chi connectivity index (χ1n) is 5.35. The molecule has 1 unspecified atom stereocenters. The Balaban J connectivity index is 2.15. The molecule has 1 aliphatic rings. The van der Waals surface area contributed by atoms with Crippen molar-refractivity contribution < 1.29 is 9.90 Å². The fourth-order valence-corrected chi connectivity index (χ4v) is 2.69. The molecule has 1 saturated heterocycles. The molecular formula is C10H15N3O2S. The molecule has 0 aromatic carbocycles. The highest BCUT2D eigenvalue weighted by atomic mass is 32.1. The van der Waals surface area contributed by atoms with Crippen LogP contribution in [0.3, 0.4) is 0 Å². The van der Waals surface area contributed by atoms with Crippen LogP contribution in [0.25, 0.3) is 0 Å². The van der Waals surface area contributed by atoms with Crippen molar-refractivity contribution in [2.75, 3.05) is 26.2 Å². The van der Waals surface area contributed by atoms with Gasteiger partial charge in [-0.05, 0) is 13.0 Å². The largest absolute Gasteiger partial charge is 0.480 e. The maximum atomic E-state index is 11.3. The zero-order chi connectivity index (χ0) is 11.4. The SMILES string of the molecule is O=C(O)C(c1cncs1)N1CCCNCC1. The van der Waals surface area contributed by atoms with Crippen molar-refractivity contribution in [1.29, 1.82) is 0 Å². The van der Waals surface area contributed by atoms with E-state index >= 15 is 0 Å². The van der Waals surface area contributed by atoms with Crippen molar-refractivity contribution in [3.05, 3.63) is 16.6 Å². The van der Waals surface area contributed by atoms with Gasteiger partial charge in [-0.3, -0.25) is 14.7 Å². The molecule has 0 radical (unpaired) electrons. The topological polar surface area (TPSA) is 65.5 Å². The molecule has 6 heteroatoms. The summed E-state index contributed by atoms with van der Waals surface area (Å²) in [6.45, 7) is 3.41. The number of carboxylic acids is 1. The third kappa shape index (κ3) is 2.58. The van der Waals surface area contributed by atoms with Crippen LogP contribution < -0.4 is 5.32 Å². The standard InChI is InChI=1S/C10H15N3O2S/c14-10(15)9(8-6-12-7-16-8)13-4-1-2-11-3-5-13/h6-7,9,11H,1-5H2,(H,14,15). The second kappa shape index (κ2) is 5.38. The number of carboxylic acid groups (broad SMARTS) is 1. The van der Waals surface area contributed by atoms with E-state index in [1.165, 1.54) is 11.3 Å². The average Bonchev–Trinajstić information content (AvgIpc) is 2.62. The summed E-state index contributed by atoms with van der Waals surface area (Å²) in [6, 6.07) is -0.535. The van der Waals surface area contributed by atoms with E-state index in [4.69, 9.17) is 0 Å². The molecule has 1 aliphatic heterocycles. The van der Waals surface area contributed by atoms with Crippen LogP contribution in [0.1, 0.15) is 17.3 Å². The van der Waals surface area contributed by atoms with E-state index in [9.17, 15) is 9.90 Å². The molecule has 88 valence electrons. The van der Waals surface area contributed by atoms with E-state index in [0.717, 1.165) is 37.5 Å². The molecule has 0 saturated carbocycles. The maximum absolute atomic E-state index is 11.3. The predicted molar refractivity (Wildman–Crippen MR) is 61.6 cm³/mol. The number of aliphatic carboxylic acids is 1. The van der Waals surface area contributed by atoms with Crippen molar-refractivity contribution in [3.8, 4) is 0 Å². The Labute approximate surface area is 98.1 Å². The van der Waals surface area contributed by atoms with Gasteiger partial charge >= 0.3 is 5.97 Å². The van der Waals surface area contributed by atoms with Crippen molar-refractivity contribution in [3.63, 3.8) is 0 Å². The molecular weight excluding hydrogens is 226 g/mol. The second-order valence-corrected chi connectivity index (χ2v) is 4.70. The van der Waals surface area contributed by atoms with E-state index in [-0.39, 0.29) is 0 Å². The first kappa shape index (κ1) is 11.5. The average molecular weight is 241 g/mol. The molecule has 2 rings (SSSR count). The lowest BCUT2D eigenvalue weighted by Gasteiger charge is -2.25. The van der Waals surface area contributed by atoms with Gasteiger partial charge in [-0.2, -0.15) is 0 Å². The Morgan fingerprint density at radius 2 is 2.44 bits per heavy atom. The molecule has 1 atom stereocenters. The van der Waals surface area contributed by atoms with Crippen LogP contribution in [-0.4, -0.2) is 47.1 Å². The highest BCUT2D eigenvalue weighted by Gasteiger charge is 2.28. The van der Waals surface area contributed by atoms with Crippen LogP contribution in [0.15, 0.2) is 11.7 Å². The van der Waals surface area contributed by atoms with Crippen molar-refractivity contribution in [1.82, 2.24) is 15.2 Å². The summed E-state index contributed by atoms with van der Waals surface area (Å²) in [6.07, 6.45) is 2.64. The van der Waals surface area contributed by atoms with Crippen LogP contribution >= 0.6 is 11.3 Å². The Morgan fingerprint density at radius 3 is 3.12 bits per heavy atom. The molecule has 0 spiro atoms. The molecule has 1 fully saturated rings. The van der Waals surface area contributed by atoms with E-state index in [1.54, 1.807) is 11.7 Å². The lowest BCUT2D eigenvalue weighted by atomic mass is 10.2. The van der Waals surface area contributed by atoms with Gasteiger partial charge < -0.3 is 10.4 Å². The minimum atomic E-state index is -0.786. The minimum Gasteiger partial charge on any atom is -0.480 e. The summed E-state index contributed by atoms with van der Waals surface area (Å²) in [5.74, 6) is -0.786. The van der Waals surface area contributed by atoms with Gasteiger partial charge in [0.25, 0.3) is 0 Å². The van der Waals surface area contributed by atoms with Gasteiger partial charge in [0, 0.05) is 25.8 Å². The Morgan fingerprint density at radius 1 is 1.56 bits per heavy atom. The van der Waals surface area contributed by atoms with Gasteiger partial charge in [0.1, 0.15) is 6.04 Å². The molecule has 0 amide bonds. The number of hydrogen-bond acceptors (Lipinski definition) is 5. The number of aromatic nitrogens is 1. The smallest absolute Gasteiger partial charge is 0.326 e. The first-order valence-corrected chi connectivity index (χ1v) is 6.23. The van der Waals surface area contributed by atoms with Gasteiger partial charge in [0.15, 0.2) is 0 Å². The Kier molecular flexibility index (Phi) is 3.87. The van der Waals surface area contributed by atoms with Crippen molar-refractivity contribution in [2.24, 2.45) is 0 Å². The quantitative estimate of drug-likeness (QED) is 0.809. The summed E-state index contributed by atoms with van der Waals surface area (Å²) in [5.41, 5.74) is 1.68. The molecule has 1 aromatic rings. The minimum absolute atomic E-state index is 0.535. The van der Waals surface area contributed by atoms with Crippen LogP contribution in [0, 0.1) is 0 Å². The summed E-state index contributed by atoms with van der Waals surface area (Å²) < 4.78 is 0. The fourth-order valence-electron chi connectivity index (χ4n) is 1.94. The normalized spacial score (nSPS) is 20.2.